The average Bonchev–Trinajstić information content (AvgIpc) is 2.51. The van der Waals surface area contributed by atoms with Crippen LogP contribution in [0, 0.1) is 12.9 Å². The summed E-state index contributed by atoms with van der Waals surface area (Å²) in [7, 11) is 0. The summed E-state index contributed by atoms with van der Waals surface area (Å²) < 4.78 is 36.2. The van der Waals surface area contributed by atoms with Gasteiger partial charge in [-0.3, -0.25) is 14.0 Å². The van der Waals surface area contributed by atoms with Crippen LogP contribution in [0.4, 0.5) is 13.2 Å². The predicted molar refractivity (Wildman–Crippen MR) is 86.5 cm³/mol. The number of hydrogen-bond acceptors (Lipinski definition) is 3. The van der Waals surface area contributed by atoms with Gasteiger partial charge >= 0.3 is 0 Å². The maximum Gasteiger partial charge on any atom is 0.274 e. The van der Waals surface area contributed by atoms with E-state index in [2.05, 4.69) is 20.9 Å². The van der Waals surface area contributed by atoms with Crippen molar-refractivity contribution < 1.29 is 13.2 Å². The summed E-state index contributed by atoms with van der Waals surface area (Å²) in [4.78, 5) is 27.3. The van der Waals surface area contributed by atoms with E-state index in [-0.39, 0.29) is 5.78 Å². The Balaban J connectivity index is 0.000000647. The minimum atomic E-state index is -1.75. The summed E-state index contributed by atoms with van der Waals surface area (Å²) in [5.74, 6) is -0.832. The van der Waals surface area contributed by atoms with Crippen molar-refractivity contribution in [3.8, 4) is 5.69 Å². The van der Waals surface area contributed by atoms with E-state index < -0.39 is 24.0 Å². The molecule has 0 atom stereocenters. The second-order valence-corrected chi connectivity index (χ2v) is 5.47. The van der Waals surface area contributed by atoms with E-state index in [1.807, 2.05) is 6.92 Å². The highest BCUT2D eigenvalue weighted by Gasteiger charge is 2.11. The number of nitrogens with zero attached hydrogens (tertiary/aromatic N) is 3. The van der Waals surface area contributed by atoms with Crippen molar-refractivity contribution in [2.24, 2.45) is 0 Å². The van der Waals surface area contributed by atoms with Gasteiger partial charge in [-0.1, -0.05) is 15.9 Å². The third-order valence-corrected chi connectivity index (χ3v) is 3.97. The third kappa shape index (κ3) is 3.56. The maximum absolute atomic E-state index is 13.8. The molecule has 0 radical (unpaired) electrons. The monoisotopic (exact) mass is 401 g/mol. The molecule has 126 valence electrons. The zero-order valence-electron chi connectivity index (χ0n) is 12.3. The first-order valence-corrected chi connectivity index (χ1v) is 7.37. The van der Waals surface area contributed by atoms with Gasteiger partial charge in [0, 0.05) is 16.7 Å². The lowest BCUT2D eigenvalue weighted by Crippen LogP contribution is -2.25. The molecule has 1 aromatic carbocycles. The number of aryl methyl sites for hydroxylation is 1. The molecule has 0 saturated carbocycles. The molecule has 2 heterocycles. The molecule has 0 unspecified atom stereocenters. The van der Waals surface area contributed by atoms with E-state index in [1.165, 1.54) is 10.8 Å². The Labute approximate surface area is 142 Å². The molecule has 9 heteroatoms. The van der Waals surface area contributed by atoms with Crippen molar-refractivity contribution in [1.29, 1.82) is 0 Å². The fraction of sp³-hybridized carbons (Fsp3) is 0.133. The lowest BCUT2D eigenvalue weighted by Gasteiger charge is -2.11. The van der Waals surface area contributed by atoms with Crippen molar-refractivity contribution in [3.63, 3.8) is 0 Å². The molecule has 0 saturated heterocycles. The lowest BCUT2D eigenvalue weighted by molar-refractivity contribution is 0.295. The number of fused-ring (bicyclic) bond motifs is 1. The first-order valence-electron chi connectivity index (χ1n) is 6.58. The Morgan fingerprint density at radius 3 is 2.46 bits per heavy atom. The van der Waals surface area contributed by atoms with Crippen LogP contribution >= 0.6 is 15.9 Å². The zero-order chi connectivity index (χ0) is 17.9. The highest BCUT2D eigenvalue weighted by atomic mass is 79.9. The number of aromatic nitrogens is 3. The van der Waals surface area contributed by atoms with Crippen molar-refractivity contribution in [2.75, 3.05) is 6.93 Å². The first kappa shape index (κ1) is 17.9. The van der Waals surface area contributed by atoms with Crippen molar-refractivity contribution >= 4 is 21.7 Å². The van der Waals surface area contributed by atoms with E-state index in [9.17, 15) is 22.8 Å². The standard InChI is InChI=1S/C14H9BrFN3O2.CH2F2/c1-8-6-9(2-3-10(8)15)19-13(21)7-11(16)18-5-4-12(20)17-14(18)19;2-1-3/h2-7H,1H3;1H2. The van der Waals surface area contributed by atoms with Crippen LogP contribution in [0.1, 0.15) is 5.56 Å². The topological polar surface area (TPSA) is 56.4 Å². The highest BCUT2D eigenvalue weighted by molar-refractivity contribution is 9.10. The Hall–Kier alpha value is -2.42. The fourth-order valence-electron chi connectivity index (χ4n) is 2.06. The highest BCUT2D eigenvalue weighted by Crippen LogP contribution is 2.19. The molecule has 0 aliphatic carbocycles. The average molecular weight is 402 g/mol. The fourth-order valence-corrected chi connectivity index (χ4v) is 2.31. The summed E-state index contributed by atoms with van der Waals surface area (Å²) >= 11 is 3.38. The van der Waals surface area contributed by atoms with Crippen LogP contribution in [0.15, 0.2) is 50.6 Å². The maximum atomic E-state index is 13.8. The molecule has 0 spiro atoms. The van der Waals surface area contributed by atoms with Gasteiger partial charge in [-0.2, -0.15) is 9.37 Å². The molecule has 3 aromatic rings. The number of rotatable bonds is 1. The van der Waals surface area contributed by atoms with Crippen molar-refractivity contribution in [1.82, 2.24) is 14.0 Å². The molecule has 5 nitrogen and oxygen atoms in total. The molecule has 3 rings (SSSR count). The molecule has 0 fully saturated rings. The molecule has 0 bridgehead atoms. The van der Waals surface area contributed by atoms with Gasteiger partial charge in [-0.25, -0.2) is 13.3 Å². The molecule has 0 aliphatic rings. The van der Waals surface area contributed by atoms with Gasteiger partial charge in [0.25, 0.3) is 11.1 Å². The molecule has 2 aromatic heterocycles. The Kier molecular flexibility index (Phi) is 5.55. The summed E-state index contributed by atoms with van der Waals surface area (Å²) in [5.41, 5.74) is 0.284. The number of hydrogen-bond donors (Lipinski definition) is 0. The number of alkyl halides is 2. The molecular formula is C15H11BrF3N3O2. The quantitative estimate of drug-likeness (QED) is 0.589. The van der Waals surface area contributed by atoms with Crippen molar-refractivity contribution in [3.05, 3.63) is 73.2 Å². The molecule has 0 aliphatic heterocycles. The van der Waals surface area contributed by atoms with Crippen LogP contribution in [0.2, 0.25) is 0 Å². The molecular weight excluding hydrogens is 391 g/mol. The summed E-state index contributed by atoms with van der Waals surface area (Å²) in [5, 5.41) is 0. The molecule has 24 heavy (non-hydrogen) atoms. The second kappa shape index (κ2) is 7.43. The normalized spacial score (nSPS) is 10.4. The number of benzene rings is 1. The minimum Gasteiger partial charge on any atom is -0.269 e. The summed E-state index contributed by atoms with van der Waals surface area (Å²) in [6.45, 7) is 0.115. The smallest absolute Gasteiger partial charge is 0.269 e. The summed E-state index contributed by atoms with van der Waals surface area (Å²) in [6, 6.07) is 7.21. The van der Waals surface area contributed by atoms with Gasteiger partial charge < -0.3 is 0 Å². The SMILES string of the molecule is Cc1cc(-n2c(=O)cc(F)n3ccc(=O)nc23)ccc1Br.FCF. The van der Waals surface area contributed by atoms with Gasteiger partial charge in [-0.05, 0) is 30.7 Å². The van der Waals surface area contributed by atoms with Crippen LogP contribution in [0.5, 0.6) is 0 Å². The Bertz CT molecular complexity index is 1000. The van der Waals surface area contributed by atoms with Crippen LogP contribution in [-0.4, -0.2) is 20.9 Å². The Morgan fingerprint density at radius 2 is 1.83 bits per heavy atom. The van der Waals surface area contributed by atoms with Crippen LogP contribution in [0.25, 0.3) is 11.5 Å². The van der Waals surface area contributed by atoms with E-state index in [0.29, 0.717) is 5.69 Å². The van der Waals surface area contributed by atoms with Gasteiger partial charge in [0.2, 0.25) is 18.7 Å². The van der Waals surface area contributed by atoms with E-state index >= 15 is 0 Å². The van der Waals surface area contributed by atoms with Gasteiger partial charge in [0.15, 0.2) is 0 Å². The van der Waals surface area contributed by atoms with Gasteiger partial charge in [-0.15, -0.1) is 0 Å². The first-order chi connectivity index (χ1) is 11.4. The van der Waals surface area contributed by atoms with E-state index in [1.54, 1.807) is 18.2 Å². The minimum absolute atomic E-state index is 0.0609. The molecule has 0 amide bonds. The van der Waals surface area contributed by atoms with Crippen LogP contribution < -0.4 is 11.1 Å². The number of halogens is 4. The van der Waals surface area contributed by atoms with Gasteiger partial charge in [0.05, 0.1) is 11.8 Å². The molecule has 0 N–H and O–H groups in total. The van der Waals surface area contributed by atoms with Crippen LogP contribution in [0.3, 0.4) is 0 Å². The second-order valence-electron chi connectivity index (χ2n) is 4.61. The lowest BCUT2D eigenvalue weighted by atomic mass is 10.2. The van der Waals surface area contributed by atoms with E-state index in [4.69, 9.17) is 0 Å². The van der Waals surface area contributed by atoms with Crippen molar-refractivity contribution in [2.45, 2.75) is 6.92 Å². The van der Waals surface area contributed by atoms with E-state index in [0.717, 1.165) is 26.6 Å². The zero-order valence-corrected chi connectivity index (χ0v) is 13.9. The largest absolute Gasteiger partial charge is 0.274 e. The Morgan fingerprint density at radius 1 is 1.17 bits per heavy atom. The predicted octanol–water partition coefficient (Wildman–Crippen LogP) is 2.94. The van der Waals surface area contributed by atoms with Gasteiger partial charge in [0.1, 0.15) is 0 Å². The van der Waals surface area contributed by atoms with Crippen LogP contribution in [-0.2, 0) is 0 Å². The third-order valence-electron chi connectivity index (χ3n) is 3.08. The summed E-state index contributed by atoms with van der Waals surface area (Å²) in [6.07, 6.45) is 1.25.